The second kappa shape index (κ2) is 10.4. The predicted octanol–water partition coefficient (Wildman–Crippen LogP) is 4.80. The molecule has 0 spiro atoms. The molecule has 1 amide bonds. The Morgan fingerprint density at radius 2 is 2.09 bits per heavy atom. The Labute approximate surface area is 207 Å². The molecule has 4 rings (SSSR count). The lowest BCUT2D eigenvalue weighted by Gasteiger charge is -2.28. The van der Waals surface area contributed by atoms with E-state index < -0.39 is 11.9 Å². The van der Waals surface area contributed by atoms with E-state index in [2.05, 4.69) is 22.3 Å². The molecule has 1 unspecified atom stereocenters. The van der Waals surface area contributed by atoms with E-state index in [1.54, 1.807) is 23.6 Å². The molecule has 0 bridgehead atoms. The van der Waals surface area contributed by atoms with Gasteiger partial charge in [0, 0.05) is 16.5 Å². The predicted molar refractivity (Wildman–Crippen MR) is 133 cm³/mol. The zero-order chi connectivity index (χ0) is 24.2. The molecule has 8 nitrogen and oxygen atoms in total. The van der Waals surface area contributed by atoms with Crippen molar-refractivity contribution in [2.45, 2.75) is 38.1 Å². The van der Waals surface area contributed by atoms with Crippen LogP contribution in [-0.4, -0.2) is 33.5 Å². The third-order valence-corrected chi connectivity index (χ3v) is 6.60. The first-order chi connectivity index (χ1) is 16.4. The Hall–Kier alpha value is -3.17. The molecule has 10 heteroatoms. The first-order valence-corrected chi connectivity index (χ1v) is 12.2. The minimum Gasteiger partial charge on any atom is -0.493 e. The first kappa shape index (κ1) is 24.0. The van der Waals surface area contributed by atoms with E-state index in [1.165, 1.54) is 0 Å². The number of hydrogen-bond donors (Lipinski definition) is 2. The molecule has 1 aromatic heterocycles. The molecule has 178 valence electrons. The number of nitrogens with two attached hydrogens (primary N) is 1. The molecule has 2 aromatic carbocycles. The van der Waals surface area contributed by atoms with Crippen LogP contribution >= 0.6 is 23.4 Å². The summed E-state index contributed by atoms with van der Waals surface area (Å²) in [6.07, 6.45) is 1.00. The van der Waals surface area contributed by atoms with Crippen molar-refractivity contribution < 1.29 is 14.3 Å². The number of fused-ring (bicyclic) bond motifs is 1. The van der Waals surface area contributed by atoms with Crippen molar-refractivity contribution in [1.82, 2.24) is 14.8 Å². The van der Waals surface area contributed by atoms with E-state index in [0.29, 0.717) is 45.5 Å². The molecule has 0 saturated heterocycles. The fraction of sp³-hybridized carbons (Fsp3) is 0.292. The smallest absolute Gasteiger partial charge is 0.248 e. The van der Waals surface area contributed by atoms with Crippen LogP contribution in [0.4, 0.5) is 5.95 Å². The number of anilines is 1. The highest BCUT2D eigenvalue weighted by Crippen LogP contribution is 2.39. The Morgan fingerprint density at radius 3 is 2.79 bits per heavy atom. The maximum atomic E-state index is 12.4. The zero-order valence-corrected chi connectivity index (χ0v) is 20.7. The fourth-order valence-corrected chi connectivity index (χ4v) is 4.67. The van der Waals surface area contributed by atoms with E-state index in [9.17, 15) is 4.79 Å². The summed E-state index contributed by atoms with van der Waals surface area (Å²) in [5.41, 5.74) is 8.56. The Kier molecular flexibility index (Phi) is 7.33. The fourth-order valence-electron chi connectivity index (χ4n) is 3.77. The molecule has 0 aliphatic carbocycles. The van der Waals surface area contributed by atoms with Crippen molar-refractivity contribution in [2.24, 2.45) is 5.73 Å². The third-order valence-electron chi connectivity index (χ3n) is 5.32. The number of carbonyl (C=O) groups excluding carboxylic acids is 1. The highest BCUT2D eigenvalue weighted by atomic mass is 35.5. The summed E-state index contributed by atoms with van der Waals surface area (Å²) in [7, 11) is 1.57. The summed E-state index contributed by atoms with van der Waals surface area (Å²) in [4.78, 5) is 17.0. The summed E-state index contributed by atoms with van der Waals surface area (Å²) in [5.74, 6) is 2.03. The van der Waals surface area contributed by atoms with Gasteiger partial charge in [0.15, 0.2) is 11.5 Å². The molecule has 34 heavy (non-hydrogen) atoms. The summed E-state index contributed by atoms with van der Waals surface area (Å²) < 4.78 is 13.3. The van der Waals surface area contributed by atoms with Crippen LogP contribution in [0.1, 0.15) is 37.4 Å². The highest BCUT2D eigenvalue weighted by Gasteiger charge is 2.33. The number of primary amides is 1. The zero-order valence-electron chi connectivity index (χ0n) is 19.2. The average Bonchev–Trinajstić information content (AvgIpc) is 3.22. The molecule has 2 heterocycles. The van der Waals surface area contributed by atoms with Gasteiger partial charge < -0.3 is 20.5 Å². The third kappa shape index (κ3) is 5.00. The second-order valence-electron chi connectivity index (χ2n) is 7.77. The number of thioether (sulfide) groups is 1. The van der Waals surface area contributed by atoms with Crippen molar-refractivity contribution in [1.29, 1.82) is 0 Å². The molecule has 0 fully saturated rings. The summed E-state index contributed by atoms with van der Waals surface area (Å²) in [5, 5.41) is 9.10. The van der Waals surface area contributed by atoms with Gasteiger partial charge in [-0.2, -0.15) is 4.98 Å². The van der Waals surface area contributed by atoms with E-state index in [-0.39, 0.29) is 0 Å². The molecule has 3 N–H and O–H groups in total. The summed E-state index contributed by atoms with van der Waals surface area (Å²) in [6, 6.07) is 12.5. The Balaban J connectivity index is 1.68. The van der Waals surface area contributed by atoms with Gasteiger partial charge in [0.05, 0.1) is 12.7 Å². The van der Waals surface area contributed by atoms with Gasteiger partial charge in [0.25, 0.3) is 0 Å². The van der Waals surface area contributed by atoms with Crippen LogP contribution in [0.3, 0.4) is 0 Å². The van der Waals surface area contributed by atoms with Crippen LogP contribution in [0.2, 0.25) is 5.02 Å². The lowest BCUT2D eigenvalue weighted by molar-refractivity contribution is -0.115. The topological polar surface area (TPSA) is 104 Å². The molecule has 1 aliphatic rings. The van der Waals surface area contributed by atoms with Crippen LogP contribution in [0, 0.1) is 0 Å². The minimum absolute atomic E-state index is 0.334. The average molecular weight is 500 g/mol. The number of benzene rings is 2. The highest BCUT2D eigenvalue weighted by molar-refractivity contribution is 7.99. The maximum Gasteiger partial charge on any atom is 0.248 e. The number of allylic oxidation sites excluding steroid dienone is 1. The van der Waals surface area contributed by atoms with Crippen LogP contribution in [0.5, 0.6) is 11.5 Å². The van der Waals surface area contributed by atoms with Gasteiger partial charge in [-0.05, 0) is 48.7 Å². The van der Waals surface area contributed by atoms with E-state index in [1.807, 2.05) is 49.4 Å². The van der Waals surface area contributed by atoms with Gasteiger partial charge in [-0.3, -0.25) is 4.79 Å². The molecule has 3 aromatic rings. The van der Waals surface area contributed by atoms with Crippen LogP contribution in [0.25, 0.3) is 0 Å². The van der Waals surface area contributed by atoms with Crippen molar-refractivity contribution in [3.05, 3.63) is 69.9 Å². The summed E-state index contributed by atoms with van der Waals surface area (Å²) in [6.45, 7) is 4.24. The second-order valence-corrected chi connectivity index (χ2v) is 9.27. The SMILES string of the molecule is CCCSc1nc2n(n1)C(c1ccc(OCc3cccc(Cl)c3)c(OC)c1)C(C(N)=O)=C(C)N2. The molecule has 0 radical (unpaired) electrons. The van der Waals surface area contributed by atoms with Crippen molar-refractivity contribution in [3.8, 4) is 11.5 Å². The number of halogens is 1. The number of rotatable bonds is 9. The van der Waals surface area contributed by atoms with Gasteiger partial charge in [-0.1, -0.05) is 48.5 Å². The lowest BCUT2D eigenvalue weighted by atomic mass is 9.95. The number of carbonyl (C=O) groups is 1. The number of nitrogens with one attached hydrogen (secondary N) is 1. The number of hydrogen-bond acceptors (Lipinski definition) is 7. The van der Waals surface area contributed by atoms with Gasteiger partial charge in [-0.15, -0.1) is 5.10 Å². The monoisotopic (exact) mass is 499 g/mol. The molecule has 1 aliphatic heterocycles. The minimum atomic E-state index is -0.548. The molecule has 0 saturated carbocycles. The van der Waals surface area contributed by atoms with E-state index >= 15 is 0 Å². The lowest BCUT2D eigenvalue weighted by Crippen LogP contribution is -2.31. The number of amides is 1. The van der Waals surface area contributed by atoms with Crippen LogP contribution in [0.15, 0.2) is 58.9 Å². The van der Waals surface area contributed by atoms with Crippen LogP contribution < -0.4 is 20.5 Å². The van der Waals surface area contributed by atoms with E-state index in [4.69, 9.17) is 26.8 Å². The maximum absolute atomic E-state index is 12.4. The number of aromatic nitrogens is 3. The summed E-state index contributed by atoms with van der Waals surface area (Å²) >= 11 is 7.64. The largest absolute Gasteiger partial charge is 0.493 e. The Bertz CT molecular complexity index is 1240. The number of methoxy groups -OCH3 is 1. The first-order valence-electron chi connectivity index (χ1n) is 10.8. The standard InChI is InChI=1S/C24H26ClN5O3S/c1-4-10-34-24-28-23-27-14(2)20(22(26)31)21(30(23)29-24)16-8-9-18(19(12-16)32-3)33-13-15-6-5-7-17(25)11-15/h5-9,11-12,21H,4,10,13H2,1-3H3,(H2,26,31)(H,27,28,29). The van der Waals surface area contributed by atoms with Crippen molar-refractivity contribution in [3.63, 3.8) is 0 Å². The molecule has 1 atom stereocenters. The van der Waals surface area contributed by atoms with E-state index in [0.717, 1.165) is 23.3 Å². The van der Waals surface area contributed by atoms with Gasteiger partial charge in [0.1, 0.15) is 12.6 Å². The van der Waals surface area contributed by atoms with Gasteiger partial charge in [-0.25, -0.2) is 4.68 Å². The van der Waals surface area contributed by atoms with Crippen molar-refractivity contribution in [2.75, 3.05) is 18.2 Å². The molecular weight excluding hydrogens is 474 g/mol. The quantitative estimate of drug-likeness (QED) is 0.407. The normalized spacial score (nSPS) is 15.0. The van der Waals surface area contributed by atoms with Gasteiger partial charge in [0.2, 0.25) is 17.0 Å². The molecular formula is C24H26ClN5O3S. The van der Waals surface area contributed by atoms with Crippen LogP contribution in [-0.2, 0) is 11.4 Å². The van der Waals surface area contributed by atoms with Crippen molar-refractivity contribution >= 4 is 35.2 Å². The Morgan fingerprint density at radius 1 is 1.26 bits per heavy atom. The number of ether oxygens (including phenoxy) is 2. The number of nitrogens with zero attached hydrogens (tertiary/aromatic N) is 3. The van der Waals surface area contributed by atoms with Gasteiger partial charge >= 0.3 is 0 Å².